The SMILES string of the molecule is Cl.Cl.Cl.Cl.[Ru].[Ru].c1ccccc1.c1ccccc1. The topological polar surface area (TPSA) is 0 Å². The fourth-order valence-electron chi connectivity index (χ4n) is 0.770. The van der Waals surface area contributed by atoms with Gasteiger partial charge < -0.3 is 0 Å². The Morgan fingerprint density at radius 2 is 0.278 bits per heavy atom. The van der Waals surface area contributed by atoms with Gasteiger partial charge in [-0.25, -0.2) is 0 Å². The standard InChI is InChI=1S/2C6H6.4ClH.2Ru/c2*1-2-4-6-5-3-1;;;;;;/h2*1-6H;4*1H;;. The van der Waals surface area contributed by atoms with Crippen molar-refractivity contribution >= 4 is 49.6 Å². The van der Waals surface area contributed by atoms with Gasteiger partial charge in [0.2, 0.25) is 0 Å². The summed E-state index contributed by atoms with van der Waals surface area (Å²) < 4.78 is 0. The van der Waals surface area contributed by atoms with Gasteiger partial charge in [0.1, 0.15) is 0 Å². The number of hydrogen-bond donors (Lipinski definition) is 0. The molecular formula is C12H16Cl4Ru2. The Hall–Kier alpha value is 0.847. The minimum absolute atomic E-state index is 0. The summed E-state index contributed by atoms with van der Waals surface area (Å²) in [7, 11) is 0. The average molecular weight is 504 g/mol. The van der Waals surface area contributed by atoms with Crippen LogP contribution in [0.25, 0.3) is 0 Å². The van der Waals surface area contributed by atoms with E-state index in [1.807, 2.05) is 72.8 Å². The molecule has 0 amide bonds. The number of hydrogen-bond acceptors (Lipinski definition) is 0. The molecule has 6 heteroatoms. The van der Waals surface area contributed by atoms with Crippen LogP contribution in [0, 0.1) is 0 Å². The van der Waals surface area contributed by atoms with E-state index in [9.17, 15) is 0 Å². The van der Waals surface area contributed by atoms with E-state index in [0.717, 1.165) is 0 Å². The van der Waals surface area contributed by atoms with Gasteiger partial charge in [-0.3, -0.25) is 0 Å². The van der Waals surface area contributed by atoms with Crippen molar-refractivity contribution in [2.75, 3.05) is 0 Å². The molecule has 0 spiro atoms. The van der Waals surface area contributed by atoms with Crippen LogP contribution in [0.4, 0.5) is 0 Å². The molecule has 0 fully saturated rings. The smallest absolute Gasteiger partial charge is 0 e. The predicted octanol–water partition coefficient (Wildman–Crippen LogP) is 5.06. The second-order valence-corrected chi connectivity index (χ2v) is 2.31. The zero-order chi connectivity index (χ0) is 8.49. The van der Waals surface area contributed by atoms with Crippen molar-refractivity contribution in [3.8, 4) is 0 Å². The van der Waals surface area contributed by atoms with Crippen molar-refractivity contribution in [2.45, 2.75) is 0 Å². The Bertz CT molecular complexity index is 197. The molecule has 0 aromatic heterocycles. The maximum absolute atomic E-state index is 2.00. The van der Waals surface area contributed by atoms with Gasteiger partial charge in [-0.2, -0.15) is 0 Å². The van der Waals surface area contributed by atoms with E-state index in [2.05, 4.69) is 0 Å². The van der Waals surface area contributed by atoms with Crippen molar-refractivity contribution in [3.63, 3.8) is 0 Å². The van der Waals surface area contributed by atoms with Crippen molar-refractivity contribution in [3.05, 3.63) is 72.8 Å². The Kier molecular flexibility index (Phi) is 62.0. The molecule has 0 aliphatic heterocycles. The molecule has 18 heavy (non-hydrogen) atoms. The van der Waals surface area contributed by atoms with Crippen LogP contribution in [0.1, 0.15) is 0 Å². The van der Waals surface area contributed by atoms with Crippen LogP contribution in [-0.2, 0) is 39.0 Å². The average Bonchev–Trinajstić information content (AvgIpc) is 2.24. The van der Waals surface area contributed by atoms with E-state index < -0.39 is 0 Å². The van der Waals surface area contributed by atoms with Gasteiger partial charge in [0.25, 0.3) is 0 Å². The number of rotatable bonds is 0. The first-order valence-electron chi connectivity index (χ1n) is 4.00. The molecule has 0 heterocycles. The fraction of sp³-hybridized carbons (Fsp3) is 0. The minimum Gasteiger partial charge on any atom is -0.147 e. The molecule has 0 radical (unpaired) electrons. The number of halogens is 4. The Balaban J connectivity index is -0.0000000300. The molecule has 0 aliphatic carbocycles. The summed E-state index contributed by atoms with van der Waals surface area (Å²) in [4.78, 5) is 0. The fourth-order valence-corrected chi connectivity index (χ4v) is 0.770. The molecular weight excluding hydrogens is 488 g/mol. The van der Waals surface area contributed by atoms with E-state index in [0.29, 0.717) is 0 Å². The molecule has 0 atom stereocenters. The van der Waals surface area contributed by atoms with E-state index in [1.165, 1.54) is 0 Å². The van der Waals surface area contributed by atoms with Crippen LogP contribution in [0.5, 0.6) is 0 Å². The van der Waals surface area contributed by atoms with Crippen LogP contribution in [0.3, 0.4) is 0 Å². The summed E-state index contributed by atoms with van der Waals surface area (Å²) >= 11 is 0. The first kappa shape index (κ1) is 36.4. The van der Waals surface area contributed by atoms with E-state index in [4.69, 9.17) is 0 Å². The van der Waals surface area contributed by atoms with Gasteiger partial charge >= 0.3 is 0 Å². The monoisotopic (exact) mass is 504 g/mol. The summed E-state index contributed by atoms with van der Waals surface area (Å²) in [6.45, 7) is 0. The van der Waals surface area contributed by atoms with Crippen molar-refractivity contribution in [1.29, 1.82) is 0 Å². The van der Waals surface area contributed by atoms with E-state index >= 15 is 0 Å². The maximum atomic E-state index is 2.00. The zero-order valence-corrected chi connectivity index (χ0v) is 16.0. The van der Waals surface area contributed by atoms with Gasteiger partial charge in [-0.05, 0) is 0 Å². The van der Waals surface area contributed by atoms with Gasteiger partial charge in [0.05, 0.1) is 0 Å². The van der Waals surface area contributed by atoms with Crippen LogP contribution in [-0.4, -0.2) is 0 Å². The van der Waals surface area contributed by atoms with Gasteiger partial charge in [-0.15, -0.1) is 49.6 Å². The normalized spacial score (nSPS) is 5.33. The second-order valence-electron chi connectivity index (χ2n) is 2.31. The summed E-state index contributed by atoms with van der Waals surface area (Å²) in [6.07, 6.45) is 0. The van der Waals surface area contributed by atoms with Gasteiger partial charge in [0.15, 0.2) is 0 Å². The Morgan fingerprint density at radius 3 is 0.333 bits per heavy atom. The molecule has 2 rings (SSSR count). The molecule has 0 aliphatic rings. The molecule has 2 aromatic carbocycles. The molecule has 108 valence electrons. The zero-order valence-electron chi connectivity index (χ0n) is 9.27. The molecule has 0 nitrogen and oxygen atoms in total. The third-order valence-electron chi connectivity index (χ3n) is 1.33. The van der Waals surface area contributed by atoms with Crippen molar-refractivity contribution < 1.29 is 39.0 Å². The molecule has 0 unspecified atom stereocenters. The number of benzene rings is 2. The summed E-state index contributed by atoms with van der Waals surface area (Å²) in [5, 5.41) is 0. The van der Waals surface area contributed by atoms with Gasteiger partial charge in [-0.1, -0.05) is 72.8 Å². The Labute approximate surface area is 160 Å². The summed E-state index contributed by atoms with van der Waals surface area (Å²) in [6, 6.07) is 24.0. The Morgan fingerprint density at radius 1 is 0.222 bits per heavy atom. The van der Waals surface area contributed by atoms with E-state index in [1.54, 1.807) is 0 Å². The third kappa shape index (κ3) is 25.6. The first-order chi connectivity index (χ1) is 6.00. The minimum atomic E-state index is 0. The first-order valence-corrected chi connectivity index (χ1v) is 4.00. The quantitative estimate of drug-likeness (QED) is 0.441. The predicted molar refractivity (Wildman–Crippen MR) is 81.9 cm³/mol. The molecule has 0 saturated heterocycles. The van der Waals surface area contributed by atoms with Crippen molar-refractivity contribution in [1.82, 2.24) is 0 Å². The summed E-state index contributed by atoms with van der Waals surface area (Å²) in [5.41, 5.74) is 0. The van der Waals surface area contributed by atoms with E-state index in [-0.39, 0.29) is 88.6 Å². The van der Waals surface area contributed by atoms with Gasteiger partial charge in [0, 0.05) is 39.0 Å². The molecule has 0 N–H and O–H groups in total. The molecule has 0 saturated carbocycles. The maximum Gasteiger partial charge on any atom is 0 e. The van der Waals surface area contributed by atoms with Crippen LogP contribution >= 0.6 is 49.6 Å². The molecule has 2 aromatic rings. The second kappa shape index (κ2) is 30.7. The van der Waals surface area contributed by atoms with Crippen molar-refractivity contribution in [2.24, 2.45) is 0 Å². The summed E-state index contributed by atoms with van der Waals surface area (Å²) in [5.74, 6) is 0. The largest absolute Gasteiger partial charge is 0.147 e. The van der Waals surface area contributed by atoms with Crippen LogP contribution < -0.4 is 0 Å². The third-order valence-corrected chi connectivity index (χ3v) is 1.33. The van der Waals surface area contributed by atoms with Crippen LogP contribution in [0.2, 0.25) is 0 Å². The molecule has 0 bridgehead atoms. The van der Waals surface area contributed by atoms with Crippen LogP contribution in [0.15, 0.2) is 72.8 Å².